The van der Waals surface area contributed by atoms with E-state index in [9.17, 15) is 18.1 Å². The Balaban J connectivity index is 3.03. The van der Waals surface area contributed by atoms with Crippen LogP contribution in [0.2, 0.25) is 0 Å². The van der Waals surface area contributed by atoms with Gasteiger partial charge in [-0.3, -0.25) is 9.36 Å². The molecule has 94 valence electrons. The molecule has 0 radical (unpaired) electrons. The zero-order valence-electron chi connectivity index (χ0n) is 8.38. The minimum atomic E-state index is -5.58. The summed E-state index contributed by atoms with van der Waals surface area (Å²) in [6.07, 6.45) is -0.345. The molecule has 0 aliphatic carbocycles. The average Bonchev–Trinajstić information content (AvgIpc) is 2.15. The molecule has 17 heavy (non-hydrogen) atoms. The Bertz CT molecular complexity index is 465. The summed E-state index contributed by atoms with van der Waals surface area (Å²) in [5, 5.41) is 8.45. The van der Waals surface area contributed by atoms with Crippen LogP contribution >= 0.6 is 7.60 Å². The second-order valence-corrected chi connectivity index (χ2v) is 5.00. The predicted octanol–water partition coefficient (Wildman–Crippen LogP) is 1.54. The van der Waals surface area contributed by atoms with E-state index in [1.54, 1.807) is 0 Å². The monoisotopic (exact) mass is 266 g/mol. The molecule has 1 aromatic carbocycles. The molecule has 5 nitrogen and oxygen atoms in total. The Morgan fingerprint density at radius 3 is 2.06 bits per heavy atom. The van der Waals surface area contributed by atoms with E-state index in [-0.39, 0.29) is 12.0 Å². The van der Waals surface area contributed by atoms with Crippen LogP contribution in [-0.4, -0.2) is 20.9 Å². The molecule has 0 bridgehead atoms. The Morgan fingerprint density at radius 2 is 1.71 bits per heavy atom. The zero-order chi connectivity index (χ0) is 13.3. The van der Waals surface area contributed by atoms with E-state index in [0.717, 1.165) is 24.3 Å². The lowest BCUT2D eigenvalue weighted by Gasteiger charge is -2.17. The number of rotatable bonds is 4. The standard InChI is InChI=1S/C9H9F2O5P/c10-9(11,17(14,15)16)7-3-1-6(2-4-7)5-8(12)13/h1-4H,5H2,(H,12,13)(H2,14,15,16). The molecule has 0 amide bonds. The molecular weight excluding hydrogens is 257 g/mol. The van der Waals surface area contributed by atoms with Crippen molar-refractivity contribution in [3.8, 4) is 0 Å². The maximum atomic E-state index is 13.2. The van der Waals surface area contributed by atoms with Crippen LogP contribution in [0.5, 0.6) is 0 Å². The number of carboxylic acid groups (broad SMARTS) is 1. The van der Waals surface area contributed by atoms with E-state index >= 15 is 0 Å². The molecule has 0 saturated carbocycles. The molecule has 8 heteroatoms. The molecule has 0 fully saturated rings. The van der Waals surface area contributed by atoms with Gasteiger partial charge in [-0.15, -0.1) is 0 Å². The molecule has 0 spiro atoms. The average molecular weight is 266 g/mol. The maximum absolute atomic E-state index is 13.2. The van der Waals surface area contributed by atoms with Crippen LogP contribution < -0.4 is 0 Å². The number of aliphatic carboxylic acids is 1. The molecule has 0 aliphatic heterocycles. The van der Waals surface area contributed by atoms with Crippen molar-refractivity contribution in [3.63, 3.8) is 0 Å². The fraction of sp³-hybridized carbons (Fsp3) is 0.222. The van der Waals surface area contributed by atoms with Crippen molar-refractivity contribution in [2.24, 2.45) is 0 Å². The highest BCUT2D eigenvalue weighted by Crippen LogP contribution is 2.59. The van der Waals surface area contributed by atoms with Crippen LogP contribution in [-0.2, 0) is 21.4 Å². The van der Waals surface area contributed by atoms with Gasteiger partial charge in [-0.2, -0.15) is 8.78 Å². The summed E-state index contributed by atoms with van der Waals surface area (Å²) < 4.78 is 36.9. The third-order valence-corrected chi connectivity index (χ3v) is 3.01. The van der Waals surface area contributed by atoms with Crippen molar-refractivity contribution in [1.82, 2.24) is 0 Å². The van der Waals surface area contributed by atoms with Gasteiger partial charge < -0.3 is 14.9 Å². The van der Waals surface area contributed by atoms with Gasteiger partial charge in [0.15, 0.2) is 0 Å². The van der Waals surface area contributed by atoms with Gasteiger partial charge in [-0.1, -0.05) is 24.3 Å². The van der Waals surface area contributed by atoms with Crippen molar-refractivity contribution in [3.05, 3.63) is 35.4 Å². The molecule has 0 aromatic heterocycles. The second kappa shape index (κ2) is 4.52. The van der Waals surface area contributed by atoms with E-state index in [2.05, 4.69) is 0 Å². The summed E-state index contributed by atoms with van der Waals surface area (Å²) in [5.74, 6) is -1.13. The SMILES string of the molecule is O=C(O)Cc1ccc(C(F)(F)P(=O)(O)O)cc1. The van der Waals surface area contributed by atoms with Crippen LogP contribution in [0.3, 0.4) is 0 Å². The number of hydrogen-bond acceptors (Lipinski definition) is 2. The van der Waals surface area contributed by atoms with Crippen molar-refractivity contribution < 1.29 is 33.0 Å². The van der Waals surface area contributed by atoms with Gasteiger partial charge in [0.1, 0.15) is 0 Å². The van der Waals surface area contributed by atoms with Crippen molar-refractivity contribution in [2.75, 3.05) is 0 Å². The third kappa shape index (κ3) is 3.09. The number of alkyl halides is 2. The van der Waals surface area contributed by atoms with Crippen molar-refractivity contribution in [1.29, 1.82) is 0 Å². The highest BCUT2D eigenvalue weighted by molar-refractivity contribution is 7.52. The molecular formula is C9H9F2O5P. The first-order valence-corrected chi connectivity index (χ1v) is 6.00. The van der Waals surface area contributed by atoms with Crippen LogP contribution in [0.1, 0.15) is 11.1 Å². The van der Waals surface area contributed by atoms with Crippen LogP contribution in [0.25, 0.3) is 0 Å². The first kappa shape index (κ1) is 13.8. The fourth-order valence-corrected chi connectivity index (χ4v) is 1.65. The quantitative estimate of drug-likeness (QED) is 0.718. The van der Waals surface area contributed by atoms with Gasteiger partial charge in [-0.05, 0) is 5.56 Å². The number of carboxylic acids is 1. The molecule has 0 unspecified atom stereocenters. The number of carbonyl (C=O) groups is 1. The summed E-state index contributed by atoms with van der Waals surface area (Å²) in [7, 11) is -5.58. The predicted molar refractivity (Wildman–Crippen MR) is 53.7 cm³/mol. The van der Waals surface area contributed by atoms with Gasteiger partial charge >= 0.3 is 19.2 Å². The van der Waals surface area contributed by atoms with Crippen molar-refractivity contribution in [2.45, 2.75) is 12.1 Å². The van der Waals surface area contributed by atoms with E-state index in [1.807, 2.05) is 0 Å². The number of hydrogen-bond donors (Lipinski definition) is 3. The van der Waals surface area contributed by atoms with Gasteiger partial charge in [0.25, 0.3) is 0 Å². The Morgan fingerprint density at radius 1 is 1.24 bits per heavy atom. The molecule has 0 atom stereocenters. The lowest BCUT2D eigenvalue weighted by molar-refractivity contribution is -0.136. The first-order valence-electron chi connectivity index (χ1n) is 4.39. The van der Waals surface area contributed by atoms with Crippen LogP contribution in [0.4, 0.5) is 8.78 Å². The topological polar surface area (TPSA) is 94.8 Å². The van der Waals surface area contributed by atoms with Gasteiger partial charge in [0.2, 0.25) is 0 Å². The summed E-state index contributed by atoms with van der Waals surface area (Å²) in [5.41, 5.74) is -4.85. The Kier molecular flexibility index (Phi) is 3.66. The summed E-state index contributed by atoms with van der Waals surface area (Å²) >= 11 is 0. The lowest BCUT2D eigenvalue weighted by atomic mass is 10.1. The second-order valence-electron chi connectivity index (χ2n) is 3.35. The number of halogens is 2. The minimum absolute atomic E-state index is 0.266. The number of benzene rings is 1. The summed E-state index contributed by atoms with van der Waals surface area (Å²) in [6.45, 7) is 0. The molecule has 3 N–H and O–H groups in total. The first-order chi connectivity index (χ1) is 7.64. The molecule has 1 aromatic rings. The largest absolute Gasteiger partial charge is 0.481 e. The molecule has 0 heterocycles. The summed E-state index contributed by atoms with van der Waals surface area (Å²) in [6, 6.07) is 3.79. The minimum Gasteiger partial charge on any atom is -0.481 e. The van der Waals surface area contributed by atoms with Gasteiger partial charge in [0.05, 0.1) is 6.42 Å². The highest BCUT2D eigenvalue weighted by Gasteiger charge is 2.50. The van der Waals surface area contributed by atoms with Crippen LogP contribution in [0, 0.1) is 0 Å². The third-order valence-electron chi connectivity index (χ3n) is 2.02. The van der Waals surface area contributed by atoms with Crippen molar-refractivity contribution >= 4 is 13.6 Å². The highest BCUT2D eigenvalue weighted by atomic mass is 31.2. The fourth-order valence-electron chi connectivity index (χ4n) is 1.17. The smallest absolute Gasteiger partial charge is 0.399 e. The molecule has 0 aliphatic rings. The molecule has 1 rings (SSSR count). The van der Waals surface area contributed by atoms with Crippen LogP contribution in [0.15, 0.2) is 24.3 Å². The van der Waals surface area contributed by atoms with E-state index in [4.69, 9.17) is 14.9 Å². The maximum Gasteiger partial charge on any atom is 0.399 e. The zero-order valence-corrected chi connectivity index (χ0v) is 9.27. The van der Waals surface area contributed by atoms with E-state index in [0.29, 0.717) is 0 Å². The van der Waals surface area contributed by atoms with E-state index in [1.165, 1.54) is 0 Å². The Hall–Kier alpha value is -1.30. The van der Waals surface area contributed by atoms with E-state index < -0.39 is 24.8 Å². The van der Waals surface area contributed by atoms with Gasteiger partial charge in [-0.25, -0.2) is 0 Å². The molecule has 0 saturated heterocycles. The normalized spacial score (nSPS) is 12.5. The lowest BCUT2D eigenvalue weighted by Crippen LogP contribution is -2.13. The van der Waals surface area contributed by atoms with Gasteiger partial charge in [0, 0.05) is 5.56 Å². The Labute approximate surface area is 94.9 Å². The summed E-state index contributed by atoms with van der Waals surface area (Å²) in [4.78, 5) is 27.3.